The molecule has 4 heteroatoms. The second-order valence-electron chi connectivity index (χ2n) is 2.12. The average molecular weight is 153 g/mol. The lowest BCUT2D eigenvalue weighted by atomic mass is 10.2. The fourth-order valence-corrected chi connectivity index (χ4v) is 0.757. The number of aromatic nitrogens is 1. The molecule has 11 heavy (non-hydrogen) atoms. The molecule has 4 nitrogen and oxygen atoms in total. The van der Waals surface area contributed by atoms with Gasteiger partial charge in [-0.05, 0) is 12.1 Å². The minimum absolute atomic E-state index is 0.0169. The minimum Gasteiger partial charge on any atom is -0.788 e. The minimum atomic E-state index is -0.811. The lowest BCUT2D eigenvalue weighted by molar-refractivity contribution is 0.175. The summed E-state index contributed by atoms with van der Waals surface area (Å²) >= 11 is 0. The topological polar surface area (TPSA) is 68.2 Å². The summed E-state index contributed by atoms with van der Waals surface area (Å²) in [6.45, 7) is -0.0169. The quantitative estimate of drug-likeness (QED) is 0.609. The summed E-state index contributed by atoms with van der Waals surface area (Å²) in [5, 5.41) is 19.1. The molecule has 1 unspecified atom stereocenters. The third kappa shape index (κ3) is 2.27. The van der Waals surface area contributed by atoms with Gasteiger partial charge >= 0.3 is 0 Å². The molecule has 0 spiro atoms. The van der Waals surface area contributed by atoms with E-state index in [1.165, 1.54) is 0 Å². The molecule has 0 aliphatic heterocycles. The average Bonchev–Trinajstić information content (AvgIpc) is 2.07. The number of hydrogen-bond donors (Lipinski definition) is 2. The van der Waals surface area contributed by atoms with Crippen molar-refractivity contribution in [3.63, 3.8) is 0 Å². The van der Waals surface area contributed by atoms with E-state index in [1.807, 2.05) is 0 Å². The lowest BCUT2D eigenvalue weighted by Gasteiger charge is -2.12. The number of rotatable bonds is 3. The highest BCUT2D eigenvalue weighted by Crippen LogP contribution is 2.06. The summed E-state index contributed by atoms with van der Waals surface area (Å²) in [6, 6.07) is 5.18. The number of aliphatic hydroxyl groups is 1. The summed E-state index contributed by atoms with van der Waals surface area (Å²) in [6.07, 6.45) is 0.761. The number of nitrogens with zero attached hydrogens (tertiary/aromatic N) is 1. The van der Waals surface area contributed by atoms with Crippen LogP contribution in [0.4, 0.5) is 0 Å². The number of nitrogens with one attached hydrogen (secondary N) is 1. The largest absolute Gasteiger partial charge is 0.788 e. The standard InChI is InChI=1S/C7H9N2O2/c10-7(5-9-11)6-3-1-2-4-8-6/h1-4,7,9-10H,5H2/q-1. The summed E-state index contributed by atoms with van der Waals surface area (Å²) in [4.78, 5) is 3.87. The molecule has 1 rings (SSSR count). The highest BCUT2D eigenvalue weighted by molar-refractivity contribution is 5.06. The zero-order valence-electron chi connectivity index (χ0n) is 5.90. The fraction of sp³-hybridized carbons (Fsp3) is 0.286. The summed E-state index contributed by atoms with van der Waals surface area (Å²) in [5.41, 5.74) is 2.14. The Balaban J connectivity index is 2.61. The second-order valence-corrected chi connectivity index (χ2v) is 2.12. The summed E-state index contributed by atoms with van der Waals surface area (Å²) < 4.78 is 0. The predicted octanol–water partition coefficient (Wildman–Crippen LogP) is 0.202. The van der Waals surface area contributed by atoms with Crippen molar-refractivity contribution in [3.8, 4) is 0 Å². The van der Waals surface area contributed by atoms with Crippen LogP contribution >= 0.6 is 0 Å². The van der Waals surface area contributed by atoms with E-state index in [0.717, 1.165) is 0 Å². The highest BCUT2D eigenvalue weighted by Gasteiger charge is 2.03. The Bertz CT molecular complexity index is 203. The molecule has 0 fully saturated rings. The van der Waals surface area contributed by atoms with Crippen LogP contribution in [0.25, 0.3) is 0 Å². The van der Waals surface area contributed by atoms with E-state index in [4.69, 9.17) is 0 Å². The van der Waals surface area contributed by atoms with Gasteiger partial charge < -0.3 is 15.8 Å². The molecule has 0 radical (unpaired) electrons. The van der Waals surface area contributed by atoms with Gasteiger partial charge in [-0.25, -0.2) is 0 Å². The molecule has 1 aromatic rings. The smallest absolute Gasteiger partial charge is 0.107 e. The van der Waals surface area contributed by atoms with Crippen LogP contribution in [0.15, 0.2) is 24.4 Å². The monoisotopic (exact) mass is 153 g/mol. The van der Waals surface area contributed by atoms with Crippen LogP contribution in [0, 0.1) is 5.21 Å². The van der Waals surface area contributed by atoms with Crippen molar-refractivity contribution >= 4 is 0 Å². The van der Waals surface area contributed by atoms with E-state index in [9.17, 15) is 10.3 Å². The molecule has 2 N–H and O–H groups in total. The molecule has 0 saturated heterocycles. The number of aliphatic hydroxyl groups excluding tert-OH is 1. The van der Waals surface area contributed by atoms with Crippen molar-refractivity contribution in [3.05, 3.63) is 35.3 Å². The molecule has 0 bridgehead atoms. The number of hydroxylamine groups is 1. The molecule has 0 aromatic carbocycles. The Labute approximate surface area is 64.5 Å². The van der Waals surface area contributed by atoms with E-state index in [-0.39, 0.29) is 6.54 Å². The van der Waals surface area contributed by atoms with Crippen LogP contribution in [-0.4, -0.2) is 16.6 Å². The molecular formula is C7H9N2O2-. The first-order chi connectivity index (χ1) is 5.34. The van der Waals surface area contributed by atoms with Crippen molar-refractivity contribution in [1.29, 1.82) is 0 Å². The Morgan fingerprint density at radius 2 is 2.45 bits per heavy atom. The molecule has 0 aliphatic carbocycles. The molecule has 0 aliphatic rings. The molecule has 0 saturated carbocycles. The maximum atomic E-state index is 9.88. The van der Waals surface area contributed by atoms with Crippen LogP contribution in [0.3, 0.4) is 0 Å². The Kier molecular flexibility index (Phi) is 2.97. The van der Waals surface area contributed by atoms with E-state index < -0.39 is 6.10 Å². The molecule has 1 heterocycles. The normalized spacial score (nSPS) is 12.9. The van der Waals surface area contributed by atoms with Crippen molar-refractivity contribution < 1.29 is 5.11 Å². The molecule has 1 aromatic heterocycles. The first-order valence-corrected chi connectivity index (χ1v) is 3.28. The van der Waals surface area contributed by atoms with Gasteiger partial charge in [-0.1, -0.05) is 6.07 Å². The van der Waals surface area contributed by atoms with Gasteiger partial charge in [-0.15, -0.1) is 0 Å². The van der Waals surface area contributed by atoms with Crippen molar-refractivity contribution in [2.75, 3.05) is 6.54 Å². The van der Waals surface area contributed by atoms with Gasteiger partial charge in [0.25, 0.3) is 0 Å². The second kappa shape index (κ2) is 4.02. The third-order valence-corrected chi connectivity index (χ3v) is 1.31. The molecule has 0 amide bonds. The van der Waals surface area contributed by atoms with Crippen LogP contribution < -0.4 is 5.48 Å². The Hall–Kier alpha value is -0.970. The van der Waals surface area contributed by atoms with Crippen LogP contribution in [0.2, 0.25) is 0 Å². The van der Waals surface area contributed by atoms with Crippen molar-refractivity contribution in [2.24, 2.45) is 0 Å². The van der Waals surface area contributed by atoms with Crippen LogP contribution in [0.1, 0.15) is 11.8 Å². The van der Waals surface area contributed by atoms with E-state index >= 15 is 0 Å². The van der Waals surface area contributed by atoms with E-state index in [1.54, 1.807) is 29.9 Å². The van der Waals surface area contributed by atoms with Crippen LogP contribution in [0.5, 0.6) is 0 Å². The van der Waals surface area contributed by atoms with Gasteiger partial charge in [0.15, 0.2) is 0 Å². The Morgan fingerprint density at radius 1 is 1.64 bits per heavy atom. The van der Waals surface area contributed by atoms with Crippen molar-refractivity contribution in [1.82, 2.24) is 10.5 Å². The zero-order valence-corrected chi connectivity index (χ0v) is 5.90. The maximum absolute atomic E-state index is 9.88. The third-order valence-electron chi connectivity index (χ3n) is 1.31. The van der Waals surface area contributed by atoms with Gasteiger partial charge in [-0.2, -0.15) is 0 Å². The van der Waals surface area contributed by atoms with Gasteiger partial charge in [0.2, 0.25) is 0 Å². The molecular weight excluding hydrogens is 144 g/mol. The highest BCUT2D eigenvalue weighted by atomic mass is 16.5. The molecule has 60 valence electrons. The first kappa shape index (κ1) is 8.13. The molecule has 1 atom stereocenters. The van der Waals surface area contributed by atoms with E-state index in [2.05, 4.69) is 4.98 Å². The maximum Gasteiger partial charge on any atom is 0.107 e. The number of hydrogen-bond acceptors (Lipinski definition) is 4. The van der Waals surface area contributed by atoms with Gasteiger partial charge in [0, 0.05) is 12.7 Å². The first-order valence-electron chi connectivity index (χ1n) is 3.28. The number of pyridine rings is 1. The van der Waals surface area contributed by atoms with Gasteiger partial charge in [-0.3, -0.25) is 4.98 Å². The Morgan fingerprint density at radius 3 is 3.00 bits per heavy atom. The van der Waals surface area contributed by atoms with Crippen LogP contribution in [-0.2, 0) is 0 Å². The van der Waals surface area contributed by atoms with Gasteiger partial charge in [0.1, 0.15) is 6.10 Å². The van der Waals surface area contributed by atoms with Crippen molar-refractivity contribution in [2.45, 2.75) is 6.10 Å². The summed E-state index contributed by atoms with van der Waals surface area (Å²) in [5.74, 6) is 0. The van der Waals surface area contributed by atoms with E-state index in [0.29, 0.717) is 5.69 Å². The van der Waals surface area contributed by atoms with Gasteiger partial charge in [0.05, 0.1) is 5.69 Å². The zero-order chi connectivity index (χ0) is 8.10. The summed E-state index contributed by atoms with van der Waals surface area (Å²) in [7, 11) is 0. The lowest BCUT2D eigenvalue weighted by Crippen LogP contribution is -2.15. The SMILES string of the molecule is [O-]NCC(O)c1ccccn1. The fourth-order valence-electron chi connectivity index (χ4n) is 0.757. The predicted molar refractivity (Wildman–Crippen MR) is 40.6 cm³/mol.